The largest absolute Gasteiger partial charge is 0.508 e. The van der Waals surface area contributed by atoms with E-state index in [9.17, 15) is 15.0 Å². The minimum absolute atomic E-state index is 0.166. The van der Waals surface area contributed by atoms with Gasteiger partial charge in [0, 0.05) is 35.8 Å². The Hall–Kier alpha value is -3.21. The topological polar surface area (TPSA) is 85.4 Å². The number of rotatable bonds is 5. The second kappa shape index (κ2) is 6.91. The lowest BCUT2D eigenvalue weighted by atomic mass is 10.1. The second-order valence-corrected chi connectivity index (χ2v) is 5.51. The lowest BCUT2D eigenvalue weighted by Crippen LogP contribution is -2.23. The van der Waals surface area contributed by atoms with Gasteiger partial charge < -0.3 is 20.5 Å². The van der Waals surface area contributed by atoms with E-state index < -0.39 is 0 Å². The number of phenols is 2. The van der Waals surface area contributed by atoms with Gasteiger partial charge in [-0.05, 0) is 47.9 Å². The number of carbonyl (C=O) groups is 1. The van der Waals surface area contributed by atoms with Crippen molar-refractivity contribution in [3.63, 3.8) is 0 Å². The molecule has 0 atom stereocenters. The van der Waals surface area contributed by atoms with Crippen molar-refractivity contribution in [2.75, 3.05) is 6.54 Å². The molecule has 0 aliphatic rings. The Morgan fingerprint density at radius 2 is 1.83 bits per heavy atom. The van der Waals surface area contributed by atoms with Gasteiger partial charge in [0.1, 0.15) is 11.5 Å². The van der Waals surface area contributed by atoms with Gasteiger partial charge in [0.15, 0.2) is 0 Å². The molecule has 1 aromatic heterocycles. The van der Waals surface area contributed by atoms with E-state index in [0.29, 0.717) is 13.0 Å². The van der Waals surface area contributed by atoms with Gasteiger partial charge in [0.05, 0.1) is 0 Å². The van der Waals surface area contributed by atoms with E-state index in [4.69, 9.17) is 0 Å². The van der Waals surface area contributed by atoms with E-state index in [-0.39, 0.29) is 17.4 Å². The zero-order valence-corrected chi connectivity index (χ0v) is 13.0. The average Bonchev–Trinajstić information content (AvgIpc) is 2.96. The van der Waals surface area contributed by atoms with E-state index in [1.54, 1.807) is 42.5 Å². The van der Waals surface area contributed by atoms with Gasteiger partial charge in [-0.25, -0.2) is 0 Å². The van der Waals surface area contributed by atoms with Gasteiger partial charge in [-0.3, -0.25) is 4.79 Å². The highest BCUT2D eigenvalue weighted by molar-refractivity contribution is 5.91. The van der Waals surface area contributed by atoms with Gasteiger partial charge in [-0.15, -0.1) is 0 Å². The van der Waals surface area contributed by atoms with E-state index in [1.807, 2.05) is 12.3 Å². The van der Waals surface area contributed by atoms with Crippen LogP contribution in [-0.2, 0) is 11.2 Å². The molecular formula is C19H18N2O3. The molecule has 1 amide bonds. The number of H-pyrrole nitrogens is 1. The normalized spacial score (nSPS) is 11.2. The summed E-state index contributed by atoms with van der Waals surface area (Å²) < 4.78 is 0. The first-order chi connectivity index (χ1) is 11.6. The monoisotopic (exact) mass is 322 g/mol. The highest BCUT2D eigenvalue weighted by atomic mass is 16.3. The summed E-state index contributed by atoms with van der Waals surface area (Å²) in [4.78, 5) is 14.9. The molecular weight excluding hydrogens is 304 g/mol. The number of carbonyl (C=O) groups excluding carboxylic acids is 1. The highest BCUT2D eigenvalue weighted by Crippen LogP contribution is 2.22. The molecule has 5 heteroatoms. The maximum atomic E-state index is 11.8. The maximum Gasteiger partial charge on any atom is 0.244 e. The van der Waals surface area contributed by atoms with Crippen LogP contribution in [0.2, 0.25) is 0 Å². The molecule has 0 saturated heterocycles. The smallest absolute Gasteiger partial charge is 0.244 e. The Bertz CT molecular complexity index is 879. The Balaban J connectivity index is 1.53. The first-order valence-electron chi connectivity index (χ1n) is 7.66. The number of hydrogen-bond acceptors (Lipinski definition) is 3. The van der Waals surface area contributed by atoms with Crippen molar-refractivity contribution in [1.29, 1.82) is 0 Å². The van der Waals surface area contributed by atoms with Gasteiger partial charge in [0.2, 0.25) is 5.91 Å². The first-order valence-corrected chi connectivity index (χ1v) is 7.66. The third-order valence-electron chi connectivity index (χ3n) is 3.76. The van der Waals surface area contributed by atoms with Crippen LogP contribution in [-0.4, -0.2) is 27.6 Å². The zero-order chi connectivity index (χ0) is 16.9. The van der Waals surface area contributed by atoms with Gasteiger partial charge in [-0.2, -0.15) is 0 Å². The van der Waals surface area contributed by atoms with Crippen LogP contribution < -0.4 is 5.32 Å². The molecule has 0 saturated carbocycles. The Morgan fingerprint density at radius 1 is 1.08 bits per heavy atom. The molecule has 1 heterocycles. The van der Waals surface area contributed by atoms with Crippen molar-refractivity contribution in [3.8, 4) is 11.5 Å². The summed E-state index contributed by atoms with van der Waals surface area (Å²) in [6.45, 7) is 0.520. The molecule has 5 nitrogen and oxygen atoms in total. The number of hydrogen-bond donors (Lipinski definition) is 4. The Kier molecular flexibility index (Phi) is 4.52. The Morgan fingerprint density at radius 3 is 2.62 bits per heavy atom. The van der Waals surface area contributed by atoms with Crippen LogP contribution in [0.1, 0.15) is 11.1 Å². The molecule has 0 bridgehead atoms. The molecule has 0 aliphatic carbocycles. The summed E-state index contributed by atoms with van der Waals surface area (Å²) in [7, 11) is 0. The fourth-order valence-electron chi connectivity index (χ4n) is 2.52. The van der Waals surface area contributed by atoms with Crippen molar-refractivity contribution in [1.82, 2.24) is 10.3 Å². The summed E-state index contributed by atoms with van der Waals surface area (Å²) in [5, 5.41) is 22.6. The summed E-state index contributed by atoms with van der Waals surface area (Å²) >= 11 is 0. The number of nitrogens with one attached hydrogen (secondary N) is 2. The highest BCUT2D eigenvalue weighted by Gasteiger charge is 2.04. The Labute approximate surface area is 139 Å². The molecule has 0 aliphatic heterocycles. The van der Waals surface area contributed by atoms with Crippen LogP contribution in [0.5, 0.6) is 11.5 Å². The molecule has 3 aromatic rings. The van der Waals surface area contributed by atoms with Gasteiger partial charge >= 0.3 is 0 Å². The minimum Gasteiger partial charge on any atom is -0.508 e. The second-order valence-electron chi connectivity index (χ2n) is 5.51. The van der Waals surface area contributed by atoms with Crippen molar-refractivity contribution in [3.05, 3.63) is 65.9 Å². The van der Waals surface area contributed by atoms with Crippen LogP contribution in [0.4, 0.5) is 0 Å². The number of aromatic nitrogens is 1. The zero-order valence-electron chi connectivity index (χ0n) is 13.0. The number of amides is 1. The minimum atomic E-state index is -0.166. The molecule has 2 aromatic carbocycles. The number of phenolic OH excluding ortho intramolecular Hbond substituents is 2. The van der Waals surface area contributed by atoms with E-state index >= 15 is 0 Å². The molecule has 122 valence electrons. The van der Waals surface area contributed by atoms with Crippen LogP contribution >= 0.6 is 0 Å². The van der Waals surface area contributed by atoms with Crippen LogP contribution in [0.3, 0.4) is 0 Å². The third-order valence-corrected chi connectivity index (χ3v) is 3.76. The van der Waals surface area contributed by atoms with E-state index in [1.165, 1.54) is 6.08 Å². The quantitative estimate of drug-likeness (QED) is 0.545. The number of aromatic hydroxyl groups is 2. The fourth-order valence-corrected chi connectivity index (χ4v) is 2.52. The van der Waals surface area contributed by atoms with Crippen LogP contribution in [0, 0.1) is 0 Å². The summed E-state index contributed by atoms with van der Waals surface area (Å²) in [6.07, 6.45) is 5.76. The van der Waals surface area contributed by atoms with E-state index in [0.717, 1.165) is 22.0 Å². The van der Waals surface area contributed by atoms with Crippen molar-refractivity contribution < 1.29 is 15.0 Å². The first kappa shape index (κ1) is 15.7. The SMILES string of the molecule is O=C(C=Cc1ccc(O)cc1)NCCc1c[nH]c2cc(O)ccc12. The standard InChI is InChI=1S/C19H18N2O3/c22-15-4-1-13(2-5-15)3-8-19(24)20-10-9-14-12-21-18-11-16(23)6-7-17(14)18/h1-8,11-12,21-23H,9-10H2,(H,20,24). The summed E-state index contributed by atoms with van der Waals surface area (Å²) in [5.41, 5.74) is 2.82. The van der Waals surface area contributed by atoms with Crippen molar-refractivity contribution in [2.45, 2.75) is 6.42 Å². The summed E-state index contributed by atoms with van der Waals surface area (Å²) in [6, 6.07) is 11.8. The predicted octanol–water partition coefficient (Wildman–Crippen LogP) is 2.95. The third kappa shape index (κ3) is 3.76. The average molecular weight is 322 g/mol. The van der Waals surface area contributed by atoms with E-state index in [2.05, 4.69) is 10.3 Å². The number of benzene rings is 2. The lowest BCUT2D eigenvalue weighted by molar-refractivity contribution is -0.116. The predicted molar refractivity (Wildman–Crippen MR) is 93.8 cm³/mol. The summed E-state index contributed by atoms with van der Waals surface area (Å²) in [5.74, 6) is 0.257. The van der Waals surface area contributed by atoms with Crippen molar-refractivity contribution in [2.24, 2.45) is 0 Å². The van der Waals surface area contributed by atoms with Crippen LogP contribution in [0.15, 0.2) is 54.7 Å². The fraction of sp³-hybridized carbons (Fsp3) is 0.105. The molecule has 0 fully saturated rings. The number of fused-ring (bicyclic) bond motifs is 1. The number of aromatic amines is 1. The lowest BCUT2D eigenvalue weighted by Gasteiger charge is -2.02. The molecule has 0 spiro atoms. The molecule has 4 N–H and O–H groups in total. The molecule has 3 rings (SSSR count). The van der Waals surface area contributed by atoms with Gasteiger partial charge in [-0.1, -0.05) is 12.1 Å². The molecule has 24 heavy (non-hydrogen) atoms. The molecule has 0 radical (unpaired) electrons. The van der Waals surface area contributed by atoms with Gasteiger partial charge in [0.25, 0.3) is 0 Å². The molecule has 0 unspecified atom stereocenters. The van der Waals surface area contributed by atoms with Crippen molar-refractivity contribution >= 4 is 22.9 Å². The van der Waals surface area contributed by atoms with Crippen LogP contribution in [0.25, 0.3) is 17.0 Å². The maximum absolute atomic E-state index is 11.8.